The summed E-state index contributed by atoms with van der Waals surface area (Å²) in [6.45, 7) is -3.01. The summed E-state index contributed by atoms with van der Waals surface area (Å²) in [6, 6.07) is 9.20. The number of halogens is 4. The zero-order chi connectivity index (χ0) is 23.3. The summed E-state index contributed by atoms with van der Waals surface area (Å²) in [5, 5.41) is 11.0. The largest absolute Gasteiger partial charge is 0.479 e. The van der Waals surface area contributed by atoms with Crippen molar-refractivity contribution in [2.75, 3.05) is 7.11 Å². The van der Waals surface area contributed by atoms with Crippen LogP contribution in [-0.2, 0) is 0 Å². The van der Waals surface area contributed by atoms with Gasteiger partial charge in [0, 0.05) is 40.0 Å². The van der Waals surface area contributed by atoms with E-state index in [1.807, 2.05) is 0 Å². The van der Waals surface area contributed by atoms with Gasteiger partial charge in [0.1, 0.15) is 11.4 Å². The van der Waals surface area contributed by atoms with Crippen molar-refractivity contribution >= 4 is 17.2 Å². The molecule has 0 aliphatic heterocycles. The van der Waals surface area contributed by atoms with E-state index < -0.39 is 24.5 Å². The molecule has 0 spiro atoms. The van der Waals surface area contributed by atoms with Gasteiger partial charge in [-0.1, -0.05) is 11.6 Å². The number of hydrogen-bond acceptors (Lipinski definition) is 5. The topological polar surface area (TPSA) is 68.9 Å². The number of methoxy groups -OCH3 is 1. The van der Waals surface area contributed by atoms with Gasteiger partial charge in [-0.05, 0) is 42.8 Å². The minimum atomic E-state index is -3.01. The maximum absolute atomic E-state index is 14.2. The van der Waals surface area contributed by atoms with Crippen LogP contribution in [0, 0.1) is 5.82 Å². The molecule has 1 N–H and O–H groups in total. The molecular formula is C23H17ClF3N3O3. The summed E-state index contributed by atoms with van der Waals surface area (Å²) in [4.78, 5) is 8.50. The molecular weight excluding hydrogens is 459 g/mol. The molecule has 1 aliphatic rings. The number of rotatable bonds is 5. The van der Waals surface area contributed by atoms with Crippen LogP contribution < -0.4 is 9.47 Å². The van der Waals surface area contributed by atoms with E-state index in [-0.39, 0.29) is 18.1 Å². The van der Waals surface area contributed by atoms with Crippen LogP contribution in [0.15, 0.2) is 48.8 Å². The van der Waals surface area contributed by atoms with Crippen molar-refractivity contribution in [1.82, 2.24) is 14.4 Å². The van der Waals surface area contributed by atoms with E-state index in [1.165, 1.54) is 31.5 Å². The first-order chi connectivity index (χ1) is 15.9. The molecule has 2 unspecified atom stereocenters. The first-order valence-electron chi connectivity index (χ1n) is 10.00. The van der Waals surface area contributed by atoms with Gasteiger partial charge >= 0.3 is 6.61 Å². The lowest BCUT2D eigenvalue weighted by Crippen LogP contribution is -2.08. The number of pyridine rings is 2. The molecule has 33 heavy (non-hydrogen) atoms. The molecule has 0 saturated carbocycles. The van der Waals surface area contributed by atoms with Crippen LogP contribution >= 0.6 is 11.6 Å². The number of ether oxygens (including phenoxy) is 2. The molecule has 0 fully saturated rings. The van der Waals surface area contributed by atoms with Gasteiger partial charge in [0.15, 0.2) is 5.82 Å². The first-order valence-corrected chi connectivity index (χ1v) is 10.4. The molecule has 1 aromatic carbocycles. The van der Waals surface area contributed by atoms with Crippen LogP contribution in [0.4, 0.5) is 13.2 Å². The Labute approximate surface area is 191 Å². The van der Waals surface area contributed by atoms with Gasteiger partial charge in [0.05, 0.1) is 24.6 Å². The zero-order valence-corrected chi connectivity index (χ0v) is 17.9. The van der Waals surface area contributed by atoms with Crippen molar-refractivity contribution in [2.45, 2.75) is 25.1 Å². The molecule has 0 bridgehead atoms. The van der Waals surface area contributed by atoms with E-state index in [2.05, 4.69) is 9.97 Å². The molecule has 0 radical (unpaired) electrons. The van der Waals surface area contributed by atoms with Crippen molar-refractivity contribution in [1.29, 1.82) is 0 Å². The summed E-state index contributed by atoms with van der Waals surface area (Å²) in [5.41, 5.74) is 3.20. The third-order valence-corrected chi connectivity index (χ3v) is 5.92. The van der Waals surface area contributed by atoms with E-state index in [0.29, 0.717) is 38.7 Å². The Bertz CT molecular complexity index is 1360. The number of alkyl halides is 2. The quantitative estimate of drug-likeness (QED) is 0.420. The molecule has 3 heterocycles. The Morgan fingerprint density at radius 1 is 1.18 bits per heavy atom. The van der Waals surface area contributed by atoms with Crippen molar-refractivity contribution in [2.24, 2.45) is 0 Å². The lowest BCUT2D eigenvalue weighted by atomic mass is 9.95. The molecule has 0 amide bonds. The van der Waals surface area contributed by atoms with Gasteiger partial charge in [-0.3, -0.25) is 0 Å². The normalized spacial score (nSPS) is 17.5. The second-order valence-corrected chi connectivity index (χ2v) is 8.04. The fourth-order valence-corrected chi connectivity index (χ4v) is 4.47. The Morgan fingerprint density at radius 3 is 2.73 bits per heavy atom. The maximum Gasteiger partial charge on any atom is 0.387 e. The van der Waals surface area contributed by atoms with Gasteiger partial charge < -0.3 is 19.0 Å². The van der Waals surface area contributed by atoms with Gasteiger partial charge in [0.25, 0.3) is 0 Å². The fraction of sp³-hybridized carbons (Fsp3) is 0.217. The standard InChI is InChI=1S/C23H17ClF3N3O3/c1-32-22-16(25)6-12(9-28-22)11-2-5-19-29-20-17(31)8-15(21(20)30(19)10-11)14-7-13(24)3-4-18(14)33-23(26)27/h2-7,9-10,15,17,23,31H,8H2,1H3. The average molecular weight is 476 g/mol. The highest BCUT2D eigenvalue weighted by molar-refractivity contribution is 6.30. The van der Waals surface area contributed by atoms with E-state index in [9.17, 15) is 18.3 Å². The van der Waals surface area contributed by atoms with Gasteiger partial charge in [-0.15, -0.1) is 0 Å². The lowest BCUT2D eigenvalue weighted by molar-refractivity contribution is -0.0506. The third kappa shape index (κ3) is 3.77. The number of aliphatic hydroxyl groups is 1. The monoisotopic (exact) mass is 475 g/mol. The molecule has 10 heteroatoms. The van der Waals surface area contributed by atoms with E-state index in [1.54, 1.807) is 28.8 Å². The predicted molar refractivity (Wildman–Crippen MR) is 114 cm³/mol. The van der Waals surface area contributed by atoms with Crippen LogP contribution in [0.1, 0.15) is 35.4 Å². The highest BCUT2D eigenvalue weighted by Gasteiger charge is 2.37. The fourth-order valence-electron chi connectivity index (χ4n) is 4.29. The van der Waals surface area contributed by atoms with Gasteiger partial charge in [-0.25, -0.2) is 14.4 Å². The number of aliphatic hydroxyl groups excluding tert-OH is 1. The Kier molecular flexibility index (Phi) is 5.38. The third-order valence-electron chi connectivity index (χ3n) is 5.69. The minimum absolute atomic E-state index is 0.0213. The number of nitrogens with zero attached hydrogens (tertiary/aromatic N) is 3. The molecule has 2 atom stereocenters. The summed E-state index contributed by atoms with van der Waals surface area (Å²) < 4.78 is 51.6. The minimum Gasteiger partial charge on any atom is -0.479 e. The number of hydrogen-bond donors (Lipinski definition) is 1. The van der Waals surface area contributed by atoms with E-state index in [4.69, 9.17) is 21.1 Å². The van der Waals surface area contributed by atoms with Crippen LogP contribution in [0.5, 0.6) is 11.6 Å². The molecule has 170 valence electrons. The van der Waals surface area contributed by atoms with Crippen LogP contribution in [-0.4, -0.2) is 33.2 Å². The van der Waals surface area contributed by atoms with Crippen molar-refractivity contribution < 1.29 is 27.8 Å². The SMILES string of the molecule is COc1ncc(-c2ccc3nc4c(n3c2)C(c2cc(Cl)ccc2OC(F)F)CC4O)cc1F. The highest BCUT2D eigenvalue weighted by atomic mass is 35.5. The summed E-state index contributed by atoms with van der Waals surface area (Å²) in [5.74, 6) is -1.24. The molecule has 6 nitrogen and oxygen atoms in total. The molecule has 1 aliphatic carbocycles. The number of imidazole rings is 1. The summed E-state index contributed by atoms with van der Waals surface area (Å²) in [6.07, 6.45) is 2.56. The molecule has 0 saturated heterocycles. The second kappa shape index (κ2) is 8.24. The smallest absolute Gasteiger partial charge is 0.387 e. The van der Waals surface area contributed by atoms with Crippen LogP contribution in [0.25, 0.3) is 16.8 Å². The van der Waals surface area contributed by atoms with Gasteiger partial charge in [-0.2, -0.15) is 8.78 Å². The molecule has 5 rings (SSSR count). The van der Waals surface area contributed by atoms with Crippen molar-refractivity contribution in [3.63, 3.8) is 0 Å². The van der Waals surface area contributed by atoms with E-state index in [0.717, 1.165) is 0 Å². The molecule has 3 aromatic heterocycles. The lowest BCUT2D eigenvalue weighted by Gasteiger charge is -2.18. The summed E-state index contributed by atoms with van der Waals surface area (Å²) in [7, 11) is 1.33. The second-order valence-electron chi connectivity index (χ2n) is 7.61. The maximum atomic E-state index is 14.2. The number of fused-ring (bicyclic) bond motifs is 3. The Hall–Kier alpha value is -3.30. The number of aromatic nitrogens is 3. The summed E-state index contributed by atoms with van der Waals surface area (Å²) >= 11 is 6.15. The zero-order valence-electron chi connectivity index (χ0n) is 17.2. The van der Waals surface area contributed by atoms with Crippen molar-refractivity contribution in [3.8, 4) is 22.8 Å². The van der Waals surface area contributed by atoms with Crippen molar-refractivity contribution in [3.05, 3.63) is 76.6 Å². The van der Waals surface area contributed by atoms with Crippen LogP contribution in [0.2, 0.25) is 5.02 Å². The Morgan fingerprint density at radius 2 is 2.00 bits per heavy atom. The molecule has 4 aromatic rings. The first kappa shape index (κ1) is 21.5. The highest BCUT2D eigenvalue weighted by Crippen LogP contribution is 2.47. The van der Waals surface area contributed by atoms with Gasteiger partial charge in [0.2, 0.25) is 5.88 Å². The average Bonchev–Trinajstić information content (AvgIpc) is 3.31. The van der Waals surface area contributed by atoms with E-state index >= 15 is 0 Å². The predicted octanol–water partition coefficient (Wildman–Crippen LogP) is 5.37. The number of benzene rings is 1. The Balaban J connectivity index is 1.65. The van der Waals surface area contributed by atoms with Crippen LogP contribution in [0.3, 0.4) is 0 Å².